The summed E-state index contributed by atoms with van der Waals surface area (Å²) >= 11 is 0. The van der Waals surface area contributed by atoms with Crippen LogP contribution in [0.15, 0.2) is 0 Å². The van der Waals surface area contributed by atoms with Gasteiger partial charge in [-0.15, -0.1) is 0 Å². The van der Waals surface area contributed by atoms with Crippen molar-refractivity contribution in [3.05, 3.63) is 0 Å². The molecule has 0 spiro atoms. The number of aliphatic hydroxyl groups is 20. The lowest BCUT2D eigenvalue weighted by molar-refractivity contribution is -0.396. The minimum Gasteiger partial charge on any atom is -0.394 e. The van der Waals surface area contributed by atoms with E-state index in [4.69, 9.17) is 72.0 Å². The van der Waals surface area contributed by atoms with E-state index in [1.54, 1.807) is 0 Å². The van der Waals surface area contributed by atoms with Crippen LogP contribution in [0, 0.1) is 0 Å². The van der Waals surface area contributed by atoms with Crippen LogP contribution >= 0.6 is 21.6 Å². The minimum absolute atomic E-state index is 0.225. The lowest BCUT2D eigenvalue weighted by Crippen LogP contribution is -2.68. The Hall–Kier alpha value is -0.740. The fourth-order valence-corrected chi connectivity index (χ4v) is 12.8. The van der Waals surface area contributed by atoms with Crippen molar-refractivity contribution in [2.75, 3.05) is 70.8 Å². The predicted octanol–water partition coefficient (Wildman–Crippen LogP) is -14.3. The average molecular weight is 1270 g/mol. The van der Waals surface area contributed by atoms with E-state index in [1.807, 2.05) is 0 Å². The van der Waals surface area contributed by atoms with Crippen molar-refractivity contribution in [2.45, 2.75) is 215 Å². The predicted molar refractivity (Wildman–Crippen MR) is 268 cm³/mol. The molecule has 21 heterocycles. The van der Waals surface area contributed by atoms with E-state index in [0.29, 0.717) is 24.6 Å². The average Bonchev–Trinajstić information content (AvgIpc) is 2.01. The molecule has 21 saturated heterocycles. The van der Waals surface area contributed by atoms with Gasteiger partial charge in [-0.25, -0.2) is 0 Å². The van der Waals surface area contributed by atoms with Gasteiger partial charge in [0, 0.05) is 31.1 Å². The first-order valence-electron chi connectivity index (χ1n) is 27.2. The number of aliphatic hydroxyl groups excluding tert-OH is 20. The normalized spacial score (nSPS) is 51.8. The second-order valence-corrected chi connectivity index (χ2v) is 23.8. The standard InChI is InChI=1S/C46H80N2O34S2/c47-1-3-83-84-4-2-48-5-12-33-19(55)26(62)40(69-12)77-34-13(6-49)71-42(28(64)21(34)57)79-36-15(8-51)73-44(30(66)23(36)59)81-38-17(10-53)75-46(32(68)25(38)61)82-39-18(11-54)74-45(31(67)24(39)60)80-37-16(9-52)72-43(29(65)22(37)58)78-35-14(7-50)70-41(76-33)27(63)20(35)56/h12-46,48-68H,1-11,47H2/t12-,13-,14-,15-,16-,17-,18-,19-,20-,21-,22-,23-,24-,25-,26-,27-,28+,29-,30+,31-,32-,33-,34-,35-,36-,37-,38-,39-,40-,41-,42-,43-,44-,45-,46-/m1/s1. The Labute approximate surface area is 485 Å². The maximum atomic E-state index is 11.8. The molecule has 0 unspecified atom stereocenters. The lowest BCUT2D eigenvalue weighted by Gasteiger charge is -2.50. The molecule has 21 aliphatic heterocycles. The van der Waals surface area contributed by atoms with Crippen molar-refractivity contribution in [1.82, 2.24) is 5.32 Å². The van der Waals surface area contributed by atoms with Crippen molar-refractivity contribution >= 4 is 21.6 Å². The van der Waals surface area contributed by atoms with Crippen LogP contribution in [0.4, 0.5) is 0 Å². The molecule has 0 aromatic carbocycles. The summed E-state index contributed by atoms with van der Waals surface area (Å²) in [6.07, 6.45) is -69.1. The van der Waals surface area contributed by atoms with Crippen LogP contribution in [-0.2, 0) is 66.3 Å². The molecule has 21 rings (SSSR count). The Morgan fingerprint density at radius 2 is 0.452 bits per heavy atom. The highest BCUT2D eigenvalue weighted by Crippen LogP contribution is 2.39. The van der Waals surface area contributed by atoms with E-state index < -0.39 is 255 Å². The van der Waals surface area contributed by atoms with Gasteiger partial charge in [-0.3, -0.25) is 0 Å². The van der Waals surface area contributed by atoms with Crippen LogP contribution in [0.3, 0.4) is 0 Å². The van der Waals surface area contributed by atoms with Crippen LogP contribution in [0.25, 0.3) is 0 Å². The summed E-state index contributed by atoms with van der Waals surface area (Å²) in [6.45, 7) is -5.70. The fourth-order valence-electron chi connectivity index (χ4n) is 11.0. The summed E-state index contributed by atoms with van der Waals surface area (Å²) in [5.74, 6) is 1.16. The van der Waals surface area contributed by atoms with E-state index in [0.717, 1.165) is 0 Å². The van der Waals surface area contributed by atoms with E-state index in [2.05, 4.69) is 5.32 Å². The largest absolute Gasteiger partial charge is 0.394 e. The molecule has 0 aliphatic carbocycles. The molecule has 0 radical (unpaired) electrons. The van der Waals surface area contributed by atoms with E-state index in [-0.39, 0.29) is 6.54 Å². The number of rotatable bonds is 14. The first-order valence-corrected chi connectivity index (χ1v) is 29.7. The van der Waals surface area contributed by atoms with E-state index in [1.165, 1.54) is 21.6 Å². The molecule has 0 amide bonds. The van der Waals surface area contributed by atoms with Crippen molar-refractivity contribution in [3.63, 3.8) is 0 Å². The zero-order valence-electron chi connectivity index (χ0n) is 44.5. The highest BCUT2D eigenvalue weighted by molar-refractivity contribution is 8.76. The van der Waals surface area contributed by atoms with Crippen LogP contribution in [0.5, 0.6) is 0 Å². The molecule has 14 bridgehead atoms. The molecular weight excluding hydrogens is 1190 g/mol. The second-order valence-electron chi connectivity index (χ2n) is 21.1. The van der Waals surface area contributed by atoms with Crippen molar-refractivity contribution in [3.8, 4) is 0 Å². The third-order valence-corrected chi connectivity index (χ3v) is 18.0. The fraction of sp³-hybridized carbons (Fsp3) is 1.00. The number of ether oxygens (including phenoxy) is 14. The van der Waals surface area contributed by atoms with Crippen LogP contribution in [0.1, 0.15) is 0 Å². The van der Waals surface area contributed by atoms with Gasteiger partial charge in [0.1, 0.15) is 171 Å². The van der Waals surface area contributed by atoms with Crippen molar-refractivity contribution in [2.24, 2.45) is 5.73 Å². The van der Waals surface area contributed by atoms with E-state index in [9.17, 15) is 102 Å². The molecule has 0 aromatic heterocycles. The first kappa shape index (κ1) is 69.2. The number of hydrogen-bond acceptors (Lipinski definition) is 38. The lowest BCUT2D eigenvalue weighted by atomic mass is 9.95. The molecular formula is C46H80N2O34S2. The van der Waals surface area contributed by atoms with Crippen molar-refractivity contribution in [1.29, 1.82) is 0 Å². The second kappa shape index (κ2) is 31.1. The maximum Gasteiger partial charge on any atom is 0.187 e. The smallest absolute Gasteiger partial charge is 0.187 e. The highest BCUT2D eigenvalue weighted by atomic mass is 33.1. The van der Waals surface area contributed by atoms with Gasteiger partial charge in [0.25, 0.3) is 0 Å². The van der Waals surface area contributed by atoms with Gasteiger partial charge in [0.15, 0.2) is 44.0 Å². The Morgan fingerprint density at radius 3 is 0.655 bits per heavy atom. The van der Waals surface area contributed by atoms with Crippen LogP contribution < -0.4 is 11.1 Å². The Morgan fingerprint density at radius 1 is 0.262 bits per heavy atom. The zero-order valence-corrected chi connectivity index (χ0v) is 46.2. The van der Waals surface area contributed by atoms with Gasteiger partial charge in [-0.1, -0.05) is 21.6 Å². The highest BCUT2D eigenvalue weighted by Gasteiger charge is 2.59. The Kier molecular flexibility index (Phi) is 25.6. The topological polar surface area (TPSA) is 572 Å². The molecule has 35 atom stereocenters. The van der Waals surface area contributed by atoms with Gasteiger partial charge in [-0.05, 0) is 0 Å². The SMILES string of the molecule is NCCSSCCNC[C@H]1O[C@@H]2O[C@H]3[C@H](O)[C@H](O)[C@@H](O[C@H]4[C@H](O)[C@H](O)[C@@H](O[C@H]5[C@H](O)[C@@H](O)[C@@H](O[C@H]6[C@H](O)[C@@H](O)[C@@H](O[C@H]7[C@H](O)[C@@H](O)[C@@H](O[C@H]8[C@H](O)[C@@H](O)[C@@H](O[C@H]1[C@H](O)[C@H]2O)O[C@@H]8CO)O[C@@H]7CO)O[C@@H]6CO)O[C@@H]5CO)O[C@@H]4CO)O[C@@H]3CO. The summed E-state index contributed by atoms with van der Waals surface area (Å²) in [7, 11) is 2.96. The van der Waals surface area contributed by atoms with Gasteiger partial charge >= 0.3 is 0 Å². The number of hydrogen-bond donors (Lipinski definition) is 22. The van der Waals surface area contributed by atoms with E-state index >= 15 is 0 Å². The molecule has 84 heavy (non-hydrogen) atoms. The maximum absolute atomic E-state index is 11.8. The van der Waals surface area contributed by atoms with Crippen LogP contribution in [-0.4, -0.2) is 388 Å². The molecule has 21 aliphatic rings. The third kappa shape index (κ3) is 14.8. The Balaban J connectivity index is 1.08. The number of nitrogens with two attached hydrogens (primary N) is 1. The monoisotopic (exact) mass is 1270 g/mol. The summed E-state index contributed by atoms with van der Waals surface area (Å²) in [4.78, 5) is 0. The van der Waals surface area contributed by atoms with Gasteiger partial charge in [-0.2, -0.15) is 0 Å². The number of nitrogens with one attached hydrogen (secondary N) is 1. The van der Waals surface area contributed by atoms with Crippen LogP contribution in [0.2, 0.25) is 0 Å². The summed E-state index contributed by atoms with van der Waals surface area (Å²) in [5, 5.41) is 226. The molecule has 23 N–H and O–H groups in total. The summed E-state index contributed by atoms with van der Waals surface area (Å²) < 4.78 is 81.3. The molecule has 490 valence electrons. The molecule has 0 saturated carbocycles. The van der Waals surface area contributed by atoms with Gasteiger partial charge in [0.2, 0.25) is 0 Å². The quantitative estimate of drug-likeness (QED) is 0.0567. The molecule has 38 heteroatoms. The summed E-state index contributed by atoms with van der Waals surface area (Å²) in [5.41, 5.74) is 5.58. The first-order chi connectivity index (χ1) is 40.2. The van der Waals surface area contributed by atoms with Gasteiger partial charge < -0.3 is 179 Å². The van der Waals surface area contributed by atoms with Crippen molar-refractivity contribution < 1.29 is 168 Å². The summed E-state index contributed by atoms with van der Waals surface area (Å²) in [6, 6.07) is 0. The molecule has 21 fully saturated rings. The zero-order chi connectivity index (χ0) is 61.0. The Bertz CT molecular complexity index is 1960. The van der Waals surface area contributed by atoms with Gasteiger partial charge in [0.05, 0.1) is 39.6 Å². The molecule has 0 aromatic rings. The molecule has 36 nitrogen and oxygen atoms in total. The third-order valence-electron chi connectivity index (χ3n) is 15.6. The minimum atomic E-state index is -2.20.